The largest absolute Gasteiger partial charge is 0.327 e. The maximum atomic E-state index is 6.09. The minimum atomic E-state index is 0.145. The molecule has 0 saturated heterocycles. The summed E-state index contributed by atoms with van der Waals surface area (Å²) in [7, 11) is 1.92. The Hall–Kier alpha value is -1.68. The maximum absolute atomic E-state index is 6.09. The predicted molar refractivity (Wildman–Crippen MR) is 67.4 cm³/mol. The van der Waals surface area contributed by atoms with Gasteiger partial charge in [-0.05, 0) is 31.0 Å². The lowest BCUT2D eigenvalue weighted by atomic mass is 10.1. The van der Waals surface area contributed by atoms with Gasteiger partial charge in [0.25, 0.3) is 0 Å². The number of aryl methyl sites for hydroxylation is 2. The van der Waals surface area contributed by atoms with Crippen LogP contribution in [-0.4, -0.2) is 20.8 Å². The molecule has 17 heavy (non-hydrogen) atoms. The van der Waals surface area contributed by atoms with Crippen LogP contribution in [0.4, 0.5) is 0 Å². The van der Waals surface area contributed by atoms with Gasteiger partial charge in [0.05, 0.1) is 5.69 Å². The molecule has 2 aromatic rings. The van der Waals surface area contributed by atoms with E-state index in [1.54, 1.807) is 4.68 Å². The van der Waals surface area contributed by atoms with E-state index in [9.17, 15) is 0 Å². The number of hydrogen-bond donors (Lipinski definition) is 1. The Labute approximate surface area is 101 Å². The molecule has 4 heteroatoms. The summed E-state index contributed by atoms with van der Waals surface area (Å²) < 4.78 is 1.81. The number of aromatic nitrogens is 3. The summed E-state index contributed by atoms with van der Waals surface area (Å²) in [6, 6.07) is 8.13. The second-order valence-electron chi connectivity index (χ2n) is 4.30. The van der Waals surface area contributed by atoms with Crippen molar-refractivity contribution in [3.63, 3.8) is 0 Å². The number of nitrogens with two attached hydrogens (primary N) is 1. The molecule has 2 N–H and O–H groups in total. The Morgan fingerprint density at radius 3 is 2.82 bits per heavy atom. The van der Waals surface area contributed by atoms with E-state index in [1.165, 1.54) is 0 Å². The molecular weight excluding hydrogens is 212 g/mol. The maximum Gasteiger partial charge on any atom is 0.0639 e. The third kappa shape index (κ3) is 3.67. The molecule has 2 aromatic heterocycles. The van der Waals surface area contributed by atoms with Gasteiger partial charge in [-0.15, -0.1) is 0 Å². The fourth-order valence-electron chi connectivity index (χ4n) is 1.82. The van der Waals surface area contributed by atoms with Crippen molar-refractivity contribution in [1.82, 2.24) is 14.8 Å². The predicted octanol–water partition coefficient (Wildman–Crippen LogP) is 1.32. The highest BCUT2D eigenvalue weighted by Crippen LogP contribution is 2.05. The van der Waals surface area contributed by atoms with Crippen LogP contribution in [0, 0.1) is 0 Å². The second kappa shape index (κ2) is 5.59. The Balaban J connectivity index is 1.80. The molecule has 90 valence electrons. The minimum absolute atomic E-state index is 0.145. The smallest absolute Gasteiger partial charge is 0.0639 e. The highest BCUT2D eigenvalue weighted by molar-refractivity contribution is 5.05. The second-order valence-corrected chi connectivity index (χ2v) is 4.30. The number of nitrogens with zero attached hydrogens (tertiary/aromatic N) is 3. The number of hydrogen-bond acceptors (Lipinski definition) is 3. The SMILES string of the molecule is Cn1ccc(CC(N)CCc2ccccn2)n1. The van der Waals surface area contributed by atoms with Gasteiger partial charge in [-0.2, -0.15) is 5.10 Å². The fourth-order valence-corrected chi connectivity index (χ4v) is 1.82. The van der Waals surface area contributed by atoms with Crippen LogP contribution in [0.15, 0.2) is 36.7 Å². The average molecular weight is 230 g/mol. The number of pyridine rings is 1. The summed E-state index contributed by atoms with van der Waals surface area (Å²) in [6.45, 7) is 0. The molecule has 0 aliphatic rings. The summed E-state index contributed by atoms with van der Waals surface area (Å²) in [6.07, 6.45) is 6.45. The van der Waals surface area contributed by atoms with Gasteiger partial charge in [0, 0.05) is 37.6 Å². The molecule has 2 rings (SSSR count). The van der Waals surface area contributed by atoms with Gasteiger partial charge in [0.1, 0.15) is 0 Å². The zero-order valence-corrected chi connectivity index (χ0v) is 10.1. The van der Waals surface area contributed by atoms with Crippen LogP contribution < -0.4 is 5.73 Å². The Bertz CT molecular complexity index is 449. The van der Waals surface area contributed by atoms with E-state index in [1.807, 2.05) is 43.7 Å². The Morgan fingerprint density at radius 2 is 2.18 bits per heavy atom. The van der Waals surface area contributed by atoms with Crippen LogP contribution in [0.2, 0.25) is 0 Å². The lowest BCUT2D eigenvalue weighted by Gasteiger charge is -2.09. The quantitative estimate of drug-likeness (QED) is 0.842. The molecule has 1 unspecified atom stereocenters. The fraction of sp³-hybridized carbons (Fsp3) is 0.385. The van der Waals surface area contributed by atoms with E-state index in [2.05, 4.69) is 10.1 Å². The average Bonchev–Trinajstić information content (AvgIpc) is 2.73. The van der Waals surface area contributed by atoms with Crippen molar-refractivity contribution in [2.24, 2.45) is 12.8 Å². The normalized spacial score (nSPS) is 12.6. The van der Waals surface area contributed by atoms with Crippen molar-refractivity contribution in [3.8, 4) is 0 Å². The zero-order chi connectivity index (χ0) is 12.1. The monoisotopic (exact) mass is 230 g/mol. The van der Waals surface area contributed by atoms with Gasteiger partial charge >= 0.3 is 0 Å². The third-order valence-corrected chi connectivity index (χ3v) is 2.74. The minimum Gasteiger partial charge on any atom is -0.327 e. The molecule has 0 radical (unpaired) electrons. The highest BCUT2D eigenvalue weighted by atomic mass is 15.2. The molecule has 0 amide bonds. The van der Waals surface area contributed by atoms with E-state index in [0.29, 0.717) is 0 Å². The van der Waals surface area contributed by atoms with E-state index in [0.717, 1.165) is 30.7 Å². The molecule has 0 aliphatic heterocycles. The molecule has 0 saturated carbocycles. The van der Waals surface area contributed by atoms with Crippen molar-refractivity contribution in [1.29, 1.82) is 0 Å². The van der Waals surface area contributed by atoms with Gasteiger partial charge in [-0.3, -0.25) is 9.67 Å². The van der Waals surface area contributed by atoms with E-state index in [4.69, 9.17) is 5.73 Å². The van der Waals surface area contributed by atoms with E-state index >= 15 is 0 Å². The van der Waals surface area contributed by atoms with Crippen LogP contribution in [0.1, 0.15) is 17.8 Å². The first-order valence-electron chi connectivity index (χ1n) is 5.88. The molecule has 4 nitrogen and oxygen atoms in total. The third-order valence-electron chi connectivity index (χ3n) is 2.74. The van der Waals surface area contributed by atoms with Crippen LogP contribution in [0.3, 0.4) is 0 Å². The Kier molecular flexibility index (Phi) is 3.88. The lowest BCUT2D eigenvalue weighted by molar-refractivity contribution is 0.590. The van der Waals surface area contributed by atoms with Crippen molar-refractivity contribution < 1.29 is 0 Å². The highest BCUT2D eigenvalue weighted by Gasteiger charge is 2.07. The molecule has 0 bridgehead atoms. The van der Waals surface area contributed by atoms with E-state index in [-0.39, 0.29) is 6.04 Å². The summed E-state index contributed by atoms with van der Waals surface area (Å²) >= 11 is 0. The lowest BCUT2D eigenvalue weighted by Crippen LogP contribution is -2.24. The molecule has 0 spiro atoms. The first kappa shape index (κ1) is 11.8. The summed E-state index contributed by atoms with van der Waals surface area (Å²) in [5.41, 5.74) is 8.24. The van der Waals surface area contributed by atoms with Gasteiger partial charge in [0.15, 0.2) is 0 Å². The number of rotatable bonds is 5. The van der Waals surface area contributed by atoms with Gasteiger partial charge in [-0.1, -0.05) is 6.07 Å². The van der Waals surface area contributed by atoms with Crippen molar-refractivity contribution >= 4 is 0 Å². The molecule has 0 aliphatic carbocycles. The summed E-state index contributed by atoms with van der Waals surface area (Å²) in [5, 5.41) is 4.33. The summed E-state index contributed by atoms with van der Waals surface area (Å²) in [5.74, 6) is 0. The van der Waals surface area contributed by atoms with Crippen LogP contribution in [-0.2, 0) is 19.9 Å². The summed E-state index contributed by atoms with van der Waals surface area (Å²) in [4.78, 5) is 4.29. The van der Waals surface area contributed by atoms with Gasteiger partial charge < -0.3 is 5.73 Å². The topological polar surface area (TPSA) is 56.7 Å². The molecule has 1 atom stereocenters. The van der Waals surface area contributed by atoms with Gasteiger partial charge in [-0.25, -0.2) is 0 Å². The van der Waals surface area contributed by atoms with Crippen molar-refractivity contribution in [2.45, 2.75) is 25.3 Å². The van der Waals surface area contributed by atoms with Crippen molar-refractivity contribution in [3.05, 3.63) is 48.0 Å². The van der Waals surface area contributed by atoms with Crippen molar-refractivity contribution in [2.75, 3.05) is 0 Å². The molecule has 2 heterocycles. The van der Waals surface area contributed by atoms with Crippen LogP contribution in [0.5, 0.6) is 0 Å². The van der Waals surface area contributed by atoms with Crippen LogP contribution >= 0.6 is 0 Å². The zero-order valence-electron chi connectivity index (χ0n) is 10.1. The molecule has 0 aromatic carbocycles. The Morgan fingerprint density at radius 1 is 1.29 bits per heavy atom. The first-order chi connectivity index (χ1) is 8.24. The first-order valence-corrected chi connectivity index (χ1v) is 5.88. The van der Waals surface area contributed by atoms with Crippen LogP contribution in [0.25, 0.3) is 0 Å². The van der Waals surface area contributed by atoms with Gasteiger partial charge in [0.2, 0.25) is 0 Å². The molecule has 0 fully saturated rings. The van der Waals surface area contributed by atoms with E-state index < -0.39 is 0 Å². The standard InChI is InChI=1S/C13H18N4/c1-17-9-7-13(16-17)10-11(14)5-6-12-4-2-3-8-15-12/h2-4,7-9,11H,5-6,10,14H2,1H3. The molecular formula is C13H18N4.